The van der Waals surface area contributed by atoms with Gasteiger partial charge in [0.15, 0.2) is 0 Å². The number of hydrogen-bond acceptors (Lipinski definition) is 3. The number of benzene rings is 2. The maximum absolute atomic E-state index is 10.9. The first-order valence-corrected chi connectivity index (χ1v) is 6.52. The van der Waals surface area contributed by atoms with E-state index in [4.69, 9.17) is 16.3 Å². The van der Waals surface area contributed by atoms with Crippen LogP contribution in [-0.4, -0.2) is 4.92 Å². The minimum absolute atomic E-state index is 0.159. The summed E-state index contributed by atoms with van der Waals surface area (Å²) in [5.41, 5.74) is 0.821. The van der Waals surface area contributed by atoms with Gasteiger partial charge in [-0.25, -0.2) is 0 Å². The molecule has 0 aliphatic heterocycles. The average Bonchev–Trinajstić information content (AvgIpc) is 2.36. The summed E-state index contributed by atoms with van der Waals surface area (Å²) in [7, 11) is 0. The van der Waals surface area contributed by atoms with Crippen LogP contribution < -0.4 is 4.74 Å². The van der Waals surface area contributed by atoms with Crippen molar-refractivity contribution in [3.05, 3.63) is 61.6 Å². The molecule has 2 rings (SSSR count). The average molecular weight is 343 g/mol. The summed E-state index contributed by atoms with van der Waals surface area (Å²) in [6.45, 7) is 1.91. The molecule has 6 heteroatoms. The number of halogens is 2. The first kappa shape index (κ1) is 13.8. The Morgan fingerprint density at radius 3 is 2.63 bits per heavy atom. The molecule has 0 N–H and O–H groups in total. The van der Waals surface area contributed by atoms with E-state index in [9.17, 15) is 10.1 Å². The lowest BCUT2D eigenvalue weighted by Crippen LogP contribution is -1.93. The highest BCUT2D eigenvalue weighted by Gasteiger charge is 2.16. The number of hydrogen-bond donors (Lipinski definition) is 0. The van der Waals surface area contributed by atoms with Gasteiger partial charge in [-0.2, -0.15) is 0 Å². The van der Waals surface area contributed by atoms with Gasteiger partial charge in [0.1, 0.15) is 5.75 Å². The smallest absolute Gasteiger partial charge is 0.313 e. The zero-order valence-corrected chi connectivity index (χ0v) is 12.2. The minimum atomic E-state index is -0.521. The maximum atomic E-state index is 10.9. The fourth-order valence-electron chi connectivity index (χ4n) is 1.53. The number of nitrogens with zero attached hydrogens (tertiary/aromatic N) is 1. The van der Waals surface area contributed by atoms with Crippen LogP contribution in [0.25, 0.3) is 0 Å². The van der Waals surface area contributed by atoms with Crippen LogP contribution in [0.1, 0.15) is 5.56 Å². The molecule has 2 aromatic carbocycles. The molecular formula is C13H9BrClNO3. The lowest BCUT2D eigenvalue weighted by molar-refractivity contribution is -0.385. The van der Waals surface area contributed by atoms with E-state index in [0.29, 0.717) is 10.8 Å². The van der Waals surface area contributed by atoms with E-state index in [2.05, 4.69) is 15.9 Å². The van der Waals surface area contributed by atoms with Crippen LogP contribution in [0, 0.1) is 17.0 Å². The molecule has 0 saturated carbocycles. The number of nitro groups is 1. The Morgan fingerprint density at radius 1 is 1.26 bits per heavy atom. The molecule has 0 bridgehead atoms. The van der Waals surface area contributed by atoms with Gasteiger partial charge >= 0.3 is 5.69 Å². The molecule has 0 atom stereocenters. The maximum Gasteiger partial charge on any atom is 0.313 e. The van der Waals surface area contributed by atoms with Crippen molar-refractivity contribution in [3.8, 4) is 11.5 Å². The van der Waals surface area contributed by atoms with E-state index < -0.39 is 4.92 Å². The second kappa shape index (κ2) is 5.59. The molecule has 98 valence electrons. The van der Waals surface area contributed by atoms with E-state index in [1.807, 2.05) is 13.0 Å². The third-order valence-corrected chi connectivity index (χ3v) is 3.60. The molecule has 0 saturated heterocycles. The Kier molecular flexibility index (Phi) is 4.07. The second-order valence-electron chi connectivity index (χ2n) is 3.88. The molecule has 0 amide bonds. The third kappa shape index (κ3) is 3.24. The highest BCUT2D eigenvalue weighted by molar-refractivity contribution is 9.10. The van der Waals surface area contributed by atoms with E-state index >= 15 is 0 Å². The fourth-order valence-corrected chi connectivity index (χ4v) is 1.94. The molecule has 4 nitrogen and oxygen atoms in total. The van der Waals surface area contributed by atoms with E-state index in [-0.39, 0.29) is 11.4 Å². The highest BCUT2D eigenvalue weighted by atomic mass is 79.9. The molecule has 0 aliphatic carbocycles. The lowest BCUT2D eigenvalue weighted by atomic mass is 10.2. The van der Waals surface area contributed by atoms with Crippen molar-refractivity contribution in [2.75, 3.05) is 0 Å². The van der Waals surface area contributed by atoms with Crippen molar-refractivity contribution >= 4 is 33.2 Å². The van der Waals surface area contributed by atoms with Gasteiger partial charge in [-0.05, 0) is 42.8 Å². The largest absolute Gasteiger partial charge is 0.450 e. The topological polar surface area (TPSA) is 52.4 Å². The minimum Gasteiger partial charge on any atom is -0.450 e. The molecule has 0 heterocycles. The van der Waals surface area contributed by atoms with Gasteiger partial charge in [0.05, 0.1) is 4.92 Å². The van der Waals surface area contributed by atoms with E-state index in [1.54, 1.807) is 18.2 Å². The van der Waals surface area contributed by atoms with Crippen molar-refractivity contribution < 1.29 is 9.66 Å². The van der Waals surface area contributed by atoms with Crippen LogP contribution in [0.15, 0.2) is 40.9 Å². The Balaban J connectivity index is 2.37. The van der Waals surface area contributed by atoms with Gasteiger partial charge in [0, 0.05) is 15.6 Å². The molecule has 19 heavy (non-hydrogen) atoms. The molecule has 0 fully saturated rings. The van der Waals surface area contributed by atoms with Crippen molar-refractivity contribution in [3.63, 3.8) is 0 Å². The van der Waals surface area contributed by atoms with Crippen molar-refractivity contribution in [2.24, 2.45) is 0 Å². The monoisotopic (exact) mass is 341 g/mol. The predicted octanol–water partition coefficient (Wildman–Crippen LogP) is 5.11. The summed E-state index contributed by atoms with van der Waals surface area (Å²) >= 11 is 9.12. The third-order valence-electron chi connectivity index (χ3n) is 2.47. The molecular weight excluding hydrogens is 334 g/mol. The Bertz CT molecular complexity index is 646. The fraction of sp³-hybridized carbons (Fsp3) is 0.0769. The van der Waals surface area contributed by atoms with E-state index in [0.717, 1.165) is 10.0 Å². The lowest BCUT2D eigenvalue weighted by Gasteiger charge is -2.08. The first-order chi connectivity index (χ1) is 8.97. The second-order valence-corrected chi connectivity index (χ2v) is 5.17. The van der Waals surface area contributed by atoms with Gasteiger partial charge in [-0.3, -0.25) is 10.1 Å². The highest BCUT2D eigenvalue weighted by Crippen LogP contribution is 2.34. The normalized spacial score (nSPS) is 10.3. The van der Waals surface area contributed by atoms with Gasteiger partial charge in [-0.15, -0.1) is 0 Å². The van der Waals surface area contributed by atoms with Crippen molar-refractivity contribution in [1.29, 1.82) is 0 Å². The SMILES string of the molecule is Cc1cc(Oc2ccc(Cl)cc2[N+](=O)[O-])ccc1Br. The summed E-state index contributed by atoms with van der Waals surface area (Å²) in [6.07, 6.45) is 0. The zero-order valence-electron chi connectivity index (χ0n) is 9.89. The number of nitro benzene ring substituents is 1. The Hall–Kier alpha value is -1.59. The molecule has 2 aromatic rings. The van der Waals surface area contributed by atoms with Crippen molar-refractivity contribution in [2.45, 2.75) is 6.92 Å². The molecule has 0 aliphatic rings. The standard InChI is InChI=1S/C13H9BrClNO3/c1-8-6-10(3-4-11(8)14)19-13-5-2-9(15)7-12(13)16(17)18/h2-7H,1H3. The quantitative estimate of drug-likeness (QED) is 0.575. The number of rotatable bonds is 3. The van der Waals surface area contributed by atoms with Crippen LogP contribution >= 0.6 is 27.5 Å². The molecule has 0 aromatic heterocycles. The number of ether oxygens (including phenoxy) is 1. The summed E-state index contributed by atoms with van der Waals surface area (Å²) < 4.78 is 6.49. The number of aryl methyl sites for hydroxylation is 1. The first-order valence-electron chi connectivity index (χ1n) is 5.35. The summed E-state index contributed by atoms with van der Waals surface area (Å²) in [5.74, 6) is 0.697. The van der Waals surface area contributed by atoms with Crippen LogP contribution in [0.3, 0.4) is 0 Å². The Morgan fingerprint density at radius 2 is 2.00 bits per heavy atom. The van der Waals surface area contributed by atoms with Crippen LogP contribution in [0.5, 0.6) is 11.5 Å². The summed E-state index contributed by atoms with van der Waals surface area (Å²) in [5, 5.41) is 11.2. The van der Waals surface area contributed by atoms with Crippen LogP contribution in [0.4, 0.5) is 5.69 Å². The van der Waals surface area contributed by atoms with Gasteiger partial charge in [0.2, 0.25) is 5.75 Å². The molecule has 0 unspecified atom stereocenters. The van der Waals surface area contributed by atoms with Gasteiger partial charge in [-0.1, -0.05) is 27.5 Å². The zero-order chi connectivity index (χ0) is 14.0. The molecule has 0 spiro atoms. The van der Waals surface area contributed by atoms with Gasteiger partial charge in [0.25, 0.3) is 0 Å². The van der Waals surface area contributed by atoms with Crippen LogP contribution in [-0.2, 0) is 0 Å². The summed E-state index contributed by atoms with van der Waals surface area (Å²) in [6, 6.07) is 9.65. The summed E-state index contributed by atoms with van der Waals surface area (Å²) in [4.78, 5) is 10.4. The van der Waals surface area contributed by atoms with Crippen LogP contribution in [0.2, 0.25) is 5.02 Å². The van der Waals surface area contributed by atoms with Crippen molar-refractivity contribution in [1.82, 2.24) is 0 Å². The molecule has 0 radical (unpaired) electrons. The van der Waals surface area contributed by atoms with Gasteiger partial charge < -0.3 is 4.74 Å². The Labute approximate surface area is 123 Å². The predicted molar refractivity (Wildman–Crippen MR) is 77.1 cm³/mol. The van der Waals surface area contributed by atoms with E-state index in [1.165, 1.54) is 12.1 Å².